The van der Waals surface area contributed by atoms with Gasteiger partial charge in [-0.05, 0) is 47.5 Å². The minimum atomic E-state index is -0.230. The zero-order chi connectivity index (χ0) is 25.1. The van der Waals surface area contributed by atoms with Crippen LogP contribution in [0.25, 0.3) is 21.8 Å². The predicted molar refractivity (Wildman–Crippen MR) is 142 cm³/mol. The van der Waals surface area contributed by atoms with Crippen molar-refractivity contribution in [2.45, 2.75) is 32.9 Å². The third kappa shape index (κ3) is 4.81. The van der Waals surface area contributed by atoms with Crippen molar-refractivity contribution >= 4 is 39.3 Å². The Kier molecular flexibility index (Phi) is 6.45. The number of hydrogen-bond donors (Lipinski definition) is 2. The summed E-state index contributed by atoms with van der Waals surface area (Å²) in [6, 6.07) is 23.3. The zero-order valence-electron chi connectivity index (χ0n) is 20.2. The van der Waals surface area contributed by atoms with Gasteiger partial charge in [-0.15, -0.1) is 0 Å². The van der Waals surface area contributed by atoms with Crippen molar-refractivity contribution < 1.29 is 9.59 Å². The molecule has 5 rings (SSSR count). The fraction of sp³-hybridized carbons (Fsp3) is 0.172. The molecule has 0 bridgehead atoms. The van der Waals surface area contributed by atoms with Gasteiger partial charge in [-0.1, -0.05) is 48.5 Å². The molecule has 180 valence electrons. The van der Waals surface area contributed by atoms with Gasteiger partial charge in [0, 0.05) is 37.3 Å². The molecule has 0 fully saturated rings. The van der Waals surface area contributed by atoms with Gasteiger partial charge in [0.05, 0.1) is 29.1 Å². The number of fused-ring (bicyclic) bond motifs is 2. The predicted octanol–water partition coefficient (Wildman–Crippen LogP) is 5.28. The molecule has 2 N–H and O–H groups in total. The summed E-state index contributed by atoms with van der Waals surface area (Å²) in [5.41, 5.74) is 4.43. The second kappa shape index (κ2) is 10.00. The van der Waals surface area contributed by atoms with Gasteiger partial charge in [0.1, 0.15) is 0 Å². The maximum absolute atomic E-state index is 13.3. The van der Waals surface area contributed by atoms with Crippen LogP contribution in [0.5, 0.6) is 0 Å². The van der Waals surface area contributed by atoms with Crippen LogP contribution in [0.2, 0.25) is 0 Å². The van der Waals surface area contributed by atoms with Gasteiger partial charge >= 0.3 is 0 Å². The van der Waals surface area contributed by atoms with Gasteiger partial charge in [-0.25, -0.2) is 4.98 Å². The summed E-state index contributed by atoms with van der Waals surface area (Å²) in [6.07, 6.45) is 4.23. The van der Waals surface area contributed by atoms with Crippen molar-refractivity contribution in [1.82, 2.24) is 19.9 Å². The van der Waals surface area contributed by atoms with E-state index in [0.717, 1.165) is 34.0 Å². The first-order valence-electron chi connectivity index (χ1n) is 11.9. The lowest BCUT2D eigenvalue weighted by atomic mass is 9.99. The van der Waals surface area contributed by atoms with E-state index < -0.39 is 0 Å². The Labute approximate surface area is 209 Å². The maximum atomic E-state index is 13.3. The Balaban J connectivity index is 1.43. The molecule has 2 heterocycles. The molecule has 36 heavy (non-hydrogen) atoms. The lowest BCUT2D eigenvalue weighted by molar-refractivity contribution is -0.114. The van der Waals surface area contributed by atoms with Crippen LogP contribution in [0.15, 0.2) is 85.3 Å². The molecule has 0 spiro atoms. The van der Waals surface area contributed by atoms with E-state index in [-0.39, 0.29) is 17.9 Å². The van der Waals surface area contributed by atoms with E-state index in [1.54, 1.807) is 24.7 Å². The van der Waals surface area contributed by atoms with Crippen LogP contribution in [0, 0.1) is 0 Å². The number of pyridine rings is 1. The van der Waals surface area contributed by atoms with Gasteiger partial charge in [0.15, 0.2) is 0 Å². The number of rotatable bonds is 7. The molecular weight excluding hydrogens is 450 g/mol. The van der Waals surface area contributed by atoms with Gasteiger partial charge in [0.25, 0.3) is 5.91 Å². The van der Waals surface area contributed by atoms with E-state index in [9.17, 15) is 9.59 Å². The van der Waals surface area contributed by atoms with Crippen LogP contribution in [0.3, 0.4) is 0 Å². The van der Waals surface area contributed by atoms with Gasteiger partial charge in [0.2, 0.25) is 5.91 Å². The van der Waals surface area contributed by atoms with E-state index in [0.29, 0.717) is 23.3 Å². The number of hydrogen-bond acceptors (Lipinski definition) is 4. The van der Waals surface area contributed by atoms with Crippen molar-refractivity contribution in [1.29, 1.82) is 0 Å². The fourth-order valence-electron chi connectivity index (χ4n) is 4.56. The third-order valence-electron chi connectivity index (χ3n) is 6.26. The Morgan fingerprint density at radius 3 is 2.58 bits per heavy atom. The average molecular weight is 478 g/mol. The first-order valence-corrected chi connectivity index (χ1v) is 11.9. The largest absolute Gasteiger partial charge is 0.345 e. The summed E-state index contributed by atoms with van der Waals surface area (Å²) in [6.45, 7) is 4.07. The van der Waals surface area contributed by atoms with Gasteiger partial charge in [-0.3, -0.25) is 14.6 Å². The molecule has 0 saturated heterocycles. The quantitative estimate of drug-likeness (QED) is 0.334. The van der Waals surface area contributed by atoms with Crippen molar-refractivity contribution in [3.8, 4) is 0 Å². The number of amides is 2. The molecule has 5 aromatic rings. The second-order valence-electron chi connectivity index (χ2n) is 8.85. The number of carbonyl (C=O) groups is 2. The van der Waals surface area contributed by atoms with Crippen LogP contribution in [0.1, 0.15) is 41.5 Å². The molecule has 0 aliphatic heterocycles. The summed E-state index contributed by atoms with van der Waals surface area (Å²) in [7, 11) is 0. The van der Waals surface area contributed by atoms with Crippen LogP contribution in [-0.4, -0.2) is 26.3 Å². The standard InChI is InChI=1S/C29H27N5O2/c1-19(24-12-7-9-21-8-3-4-11-25(21)24)32-29(36)22-16-26-28(27(17-22)33-20(2)35)34(18-31-26)15-13-23-10-5-6-14-30-23/h3-12,14,16-19H,13,15H2,1-2H3,(H,32,36)(H,33,35)/t19-/m0/s1. The second-order valence-corrected chi connectivity index (χ2v) is 8.85. The molecule has 2 aromatic heterocycles. The molecule has 0 aliphatic rings. The van der Waals surface area contributed by atoms with Crippen LogP contribution in [0.4, 0.5) is 5.69 Å². The molecule has 7 heteroatoms. The number of benzene rings is 3. The third-order valence-corrected chi connectivity index (χ3v) is 6.26. The molecule has 0 saturated carbocycles. The number of nitrogens with one attached hydrogen (secondary N) is 2. The Morgan fingerprint density at radius 2 is 1.78 bits per heavy atom. The van der Waals surface area contributed by atoms with Crippen molar-refractivity contribution in [2.75, 3.05) is 5.32 Å². The normalized spacial score (nSPS) is 11.9. The number of imidazole rings is 1. The minimum absolute atomic E-state index is 0.209. The highest BCUT2D eigenvalue weighted by atomic mass is 16.2. The molecule has 2 amide bonds. The van der Waals surface area contributed by atoms with Crippen LogP contribution < -0.4 is 10.6 Å². The average Bonchev–Trinajstić information content (AvgIpc) is 3.30. The summed E-state index contributed by atoms with van der Waals surface area (Å²) in [4.78, 5) is 34.2. The van der Waals surface area contributed by atoms with E-state index in [4.69, 9.17) is 0 Å². The van der Waals surface area contributed by atoms with E-state index in [1.165, 1.54) is 6.92 Å². The first kappa shape index (κ1) is 23.2. The Bertz CT molecular complexity index is 1550. The number of carbonyl (C=O) groups excluding carboxylic acids is 2. The van der Waals surface area contributed by atoms with E-state index >= 15 is 0 Å². The monoisotopic (exact) mass is 477 g/mol. The Morgan fingerprint density at radius 1 is 0.972 bits per heavy atom. The molecular formula is C29H27N5O2. The number of nitrogens with zero attached hydrogens (tertiary/aromatic N) is 3. The number of anilines is 1. The highest BCUT2D eigenvalue weighted by Crippen LogP contribution is 2.28. The zero-order valence-corrected chi connectivity index (χ0v) is 20.2. The molecule has 3 aromatic carbocycles. The van der Waals surface area contributed by atoms with Gasteiger partial charge < -0.3 is 15.2 Å². The minimum Gasteiger partial charge on any atom is -0.345 e. The summed E-state index contributed by atoms with van der Waals surface area (Å²) >= 11 is 0. The molecule has 7 nitrogen and oxygen atoms in total. The lowest BCUT2D eigenvalue weighted by Gasteiger charge is -2.17. The SMILES string of the molecule is CC(=O)Nc1cc(C(=O)N[C@@H](C)c2cccc3ccccc23)cc2ncn(CCc3ccccn3)c12. The smallest absolute Gasteiger partial charge is 0.251 e. The van der Waals surface area contributed by atoms with Crippen molar-refractivity contribution in [3.05, 3.63) is 102 Å². The lowest BCUT2D eigenvalue weighted by Crippen LogP contribution is -2.27. The molecule has 0 unspecified atom stereocenters. The molecule has 0 radical (unpaired) electrons. The number of aryl methyl sites for hydroxylation is 2. The Hall–Kier alpha value is -4.52. The first-order chi connectivity index (χ1) is 17.5. The van der Waals surface area contributed by atoms with Crippen molar-refractivity contribution in [3.63, 3.8) is 0 Å². The highest BCUT2D eigenvalue weighted by Gasteiger charge is 2.18. The van der Waals surface area contributed by atoms with Crippen LogP contribution in [-0.2, 0) is 17.8 Å². The highest BCUT2D eigenvalue weighted by molar-refractivity contribution is 6.05. The number of aromatic nitrogens is 3. The summed E-state index contributed by atoms with van der Waals surface area (Å²) in [5.74, 6) is -0.442. The topological polar surface area (TPSA) is 88.9 Å². The molecule has 0 aliphatic carbocycles. The fourth-order valence-corrected chi connectivity index (χ4v) is 4.56. The van der Waals surface area contributed by atoms with E-state index in [1.807, 2.05) is 54.0 Å². The van der Waals surface area contributed by atoms with Gasteiger partial charge in [-0.2, -0.15) is 0 Å². The maximum Gasteiger partial charge on any atom is 0.251 e. The molecule has 1 atom stereocenters. The van der Waals surface area contributed by atoms with Crippen LogP contribution >= 0.6 is 0 Å². The van der Waals surface area contributed by atoms with E-state index in [2.05, 4.69) is 38.8 Å². The summed E-state index contributed by atoms with van der Waals surface area (Å²) in [5, 5.41) is 8.22. The van der Waals surface area contributed by atoms with Crippen molar-refractivity contribution in [2.24, 2.45) is 0 Å². The summed E-state index contributed by atoms with van der Waals surface area (Å²) < 4.78 is 1.98.